The van der Waals surface area contributed by atoms with Crippen molar-refractivity contribution in [1.29, 1.82) is 0 Å². The summed E-state index contributed by atoms with van der Waals surface area (Å²) in [6.07, 6.45) is 1.81. The fourth-order valence-electron chi connectivity index (χ4n) is 4.37. The van der Waals surface area contributed by atoms with Gasteiger partial charge in [-0.15, -0.1) is 0 Å². The van der Waals surface area contributed by atoms with Crippen LogP contribution in [0.2, 0.25) is 0 Å². The van der Waals surface area contributed by atoms with Crippen LogP contribution in [0, 0.1) is 0 Å². The number of carbonyl (C=O) groups is 1. The second-order valence-corrected chi connectivity index (χ2v) is 7.43. The number of fused-ring (bicyclic) bond motifs is 1. The molecular formula is C27H20N2O2. The predicted octanol–water partition coefficient (Wildman–Crippen LogP) is 5.57. The Balaban J connectivity index is 1.92. The van der Waals surface area contributed by atoms with Crippen molar-refractivity contribution >= 4 is 17.0 Å². The Labute approximate surface area is 180 Å². The highest BCUT2D eigenvalue weighted by atomic mass is 16.4. The van der Waals surface area contributed by atoms with E-state index in [1.807, 2.05) is 67.0 Å². The lowest BCUT2D eigenvalue weighted by atomic mass is 9.76. The first kappa shape index (κ1) is 18.8. The molecular weight excluding hydrogens is 384 g/mol. The number of carboxylic acid groups (broad SMARTS) is 1. The van der Waals surface area contributed by atoms with Gasteiger partial charge in [0, 0.05) is 0 Å². The van der Waals surface area contributed by atoms with Gasteiger partial charge in [-0.05, 0) is 34.9 Å². The lowest BCUT2D eigenvalue weighted by molar-refractivity contribution is 0.0697. The van der Waals surface area contributed by atoms with Crippen LogP contribution in [0.5, 0.6) is 0 Å². The van der Waals surface area contributed by atoms with Gasteiger partial charge in [0.15, 0.2) is 0 Å². The molecule has 0 fully saturated rings. The van der Waals surface area contributed by atoms with Crippen molar-refractivity contribution in [2.45, 2.75) is 5.54 Å². The summed E-state index contributed by atoms with van der Waals surface area (Å²) in [5.74, 6) is -0.961. The van der Waals surface area contributed by atoms with E-state index < -0.39 is 11.5 Å². The third-order valence-corrected chi connectivity index (χ3v) is 5.73. The van der Waals surface area contributed by atoms with Crippen molar-refractivity contribution in [1.82, 2.24) is 9.55 Å². The van der Waals surface area contributed by atoms with Gasteiger partial charge in [0.1, 0.15) is 5.54 Å². The van der Waals surface area contributed by atoms with Crippen LogP contribution in [0.1, 0.15) is 27.0 Å². The van der Waals surface area contributed by atoms with Crippen LogP contribution in [0.3, 0.4) is 0 Å². The van der Waals surface area contributed by atoms with Crippen LogP contribution in [0.25, 0.3) is 11.0 Å². The first-order valence-electron chi connectivity index (χ1n) is 10.1. The third kappa shape index (κ3) is 3.01. The summed E-state index contributed by atoms with van der Waals surface area (Å²) in [6, 6.07) is 36.1. The van der Waals surface area contributed by atoms with Crippen LogP contribution in [-0.4, -0.2) is 20.6 Å². The summed E-state index contributed by atoms with van der Waals surface area (Å²) in [5, 5.41) is 9.41. The number of rotatable bonds is 5. The van der Waals surface area contributed by atoms with Gasteiger partial charge in [-0.1, -0.05) is 91.0 Å². The van der Waals surface area contributed by atoms with E-state index in [-0.39, 0.29) is 5.56 Å². The molecule has 4 heteroatoms. The molecule has 4 aromatic carbocycles. The molecule has 1 aromatic heterocycles. The molecule has 0 radical (unpaired) electrons. The second-order valence-electron chi connectivity index (χ2n) is 7.43. The maximum atomic E-state index is 11.5. The van der Waals surface area contributed by atoms with E-state index in [1.165, 1.54) is 0 Å². The van der Waals surface area contributed by atoms with Gasteiger partial charge in [-0.3, -0.25) is 0 Å². The van der Waals surface area contributed by atoms with E-state index in [4.69, 9.17) is 0 Å². The van der Waals surface area contributed by atoms with Crippen molar-refractivity contribution in [3.63, 3.8) is 0 Å². The van der Waals surface area contributed by atoms with E-state index >= 15 is 0 Å². The Hall–Kier alpha value is -4.18. The number of carboxylic acids is 1. The Bertz CT molecular complexity index is 1250. The summed E-state index contributed by atoms with van der Waals surface area (Å²) < 4.78 is 2.15. The molecule has 1 N–H and O–H groups in total. The van der Waals surface area contributed by atoms with E-state index in [9.17, 15) is 9.90 Å². The highest BCUT2D eigenvalue weighted by Crippen LogP contribution is 2.42. The monoisotopic (exact) mass is 404 g/mol. The molecule has 0 amide bonds. The molecule has 5 aromatic rings. The van der Waals surface area contributed by atoms with Gasteiger partial charge >= 0.3 is 5.97 Å². The van der Waals surface area contributed by atoms with E-state index in [1.54, 1.807) is 12.1 Å². The number of nitrogens with zero attached hydrogens (tertiary/aromatic N) is 2. The number of hydrogen-bond acceptors (Lipinski definition) is 2. The molecule has 0 unspecified atom stereocenters. The average molecular weight is 404 g/mol. The summed E-state index contributed by atoms with van der Waals surface area (Å²) in [6.45, 7) is 0. The molecule has 0 aliphatic rings. The Morgan fingerprint density at radius 1 is 0.710 bits per heavy atom. The maximum absolute atomic E-state index is 11.5. The van der Waals surface area contributed by atoms with Gasteiger partial charge in [-0.25, -0.2) is 9.78 Å². The molecule has 0 atom stereocenters. The zero-order valence-electron chi connectivity index (χ0n) is 16.7. The molecule has 31 heavy (non-hydrogen) atoms. The highest BCUT2D eigenvalue weighted by Gasteiger charge is 2.39. The summed E-state index contributed by atoms with van der Waals surface area (Å²) in [7, 11) is 0. The van der Waals surface area contributed by atoms with Crippen molar-refractivity contribution in [3.8, 4) is 0 Å². The van der Waals surface area contributed by atoms with Crippen LogP contribution < -0.4 is 0 Å². The minimum absolute atomic E-state index is 0.225. The third-order valence-electron chi connectivity index (χ3n) is 5.73. The normalized spacial score (nSPS) is 11.5. The smallest absolute Gasteiger partial charge is 0.335 e. The highest BCUT2D eigenvalue weighted by molar-refractivity contribution is 5.92. The Morgan fingerprint density at radius 2 is 1.19 bits per heavy atom. The summed E-state index contributed by atoms with van der Waals surface area (Å²) in [5.41, 5.74) is 4.33. The first-order valence-corrected chi connectivity index (χ1v) is 10.1. The van der Waals surface area contributed by atoms with Crippen LogP contribution in [0.4, 0.5) is 0 Å². The number of aromatic nitrogens is 2. The number of imidazole rings is 1. The molecule has 0 aliphatic heterocycles. The average Bonchev–Trinajstić information content (AvgIpc) is 3.25. The molecule has 0 saturated carbocycles. The molecule has 0 bridgehead atoms. The van der Waals surface area contributed by atoms with E-state index in [0.717, 1.165) is 22.2 Å². The van der Waals surface area contributed by atoms with Gasteiger partial charge in [-0.2, -0.15) is 0 Å². The SMILES string of the molecule is O=C(O)c1ccc2c(c1)ncn2C(c1ccccc1)(c1ccccc1)c1ccccc1. The Kier molecular flexibility index (Phi) is 4.60. The predicted molar refractivity (Wildman–Crippen MR) is 121 cm³/mol. The molecule has 4 nitrogen and oxygen atoms in total. The van der Waals surface area contributed by atoms with Crippen LogP contribution >= 0.6 is 0 Å². The molecule has 0 saturated heterocycles. The van der Waals surface area contributed by atoms with Gasteiger partial charge < -0.3 is 9.67 Å². The quantitative estimate of drug-likeness (QED) is 0.389. The van der Waals surface area contributed by atoms with Gasteiger partial charge in [0.2, 0.25) is 0 Å². The van der Waals surface area contributed by atoms with E-state index in [2.05, 4.69) is 45.9 Å². The summed E-state index contributed by atoms with van der Waals surface area (Å²) in [4.78, 5) is 16.1. The van der Waals surface area contributed by atoms with Crippen LogP contribution in [-0.2, 0) is 5.54 Å². The largest absolute Gasteiger partial charge is 0.478 e. The zero-order chi connectivity index (χ0) is 21.3. The van der Waals surface area contributed by atoms with Gasteiger partial charge in [0.05, 0.1) is 22.9 Å². The maximum Gasteiger partial charge on any atom is 0.335 e. The molecule has 0 spiro atoms. The fourth-order valence-corrected chi connectivity index (χ4v) is 4.37. The lowest BCUT2D eigenvalue weighted by Crippen LogP contribution is -2.37. The summed E-state index contributed by atoms with van der Waals surface area (Å²) >= 11 is 0. The lowest BCUT2D eigenvalue weighted by Gasteiger charge is -2.38. The fraction of sp³-hybridized carbons (Fsp3) is 0.0370. The van der Waals surface area contributed by atoms with Crippen molar-refractivity contribution in [3.05, 3.63) is 138 Å². The zero-order valence-corrected chi connectivity index (χ0v) is 16.7. The minimum atomic E-state index is -0.961. The van der Waals surface area contributed by atoms with Crippen molar-refractivity contribution < 1.29 is 9.90 Å². The number of benzene rings is 4. The standard InChI is InChI=1S/C27H20N2O2/c30-26(31)20-16-17-25-24(18-20)28-19-29(25)27(21-10-4-1-5-11-21,22-12-6-2-7-13-22)23-14-8-3-9-15-23/h1-19H,(H,30,31). The number of hydrogen-bond donors (Lipinski definition) is 1. The molecule has 1 heterocycles. The minimum Gasteiger partial charge on any atom is -0.478 e. The van der Waals surface area contributed by atoms with E-state index in [0.29, 0.717) is 5.52 Å². The first-order chi connectivity index (χ1) is 15.2. The number of aromatic carboxylic acids is 1. The topological polar surface area (TPSA) is 55.1 Å². The molecule has 150 valence electrons. The Morgan fingerprint density at radius 3 is 1.65 bits per heavy atom. The van der Waals surface area contributed by atoms with Crippen molar-refractivity contribution in [2.75, 3.05) is 0 Å². The molecule has 0 aliphatic carbocycles. The molecule has 5 rings (SSSR count). The van der Waals surface area contributed by atoms with Crippen LogP contribution in [0.15, 0.2) is 116 Å². The second kappa shape index (κ2) is 7.58. The van der Waals surface area contributed by atoms with Gasteiger partial charge in [0.25, 0.3) is 0 Å². The van der Waals surface area contributed by atoms with Crippen molar-refractivity contribution in [2.24, 2.45) is 0 Å².